The molecule has 0 fully saturated rings. The number of hydrogen-bond acceptors (Lipinski definition) is 5. The van der Waals surface area contributed by atoms with Crippen molar-refractivity contribution in [2.45, 2.75) is 25.4 Å². The van der Waals surface area contributed by atoms with Gasteiger partial charge in [-0.3, -0.25) is 4.79 Å². The lowest BCUT2D eigenvalue weighted by atomic mass is 10.1. The first kappa shape index (κ1) is 19.1. The van der Waals surface area contributed by atoms with E-state index in [-0.39, 0.29) is 11.7 Å². The number of hydrogen-bond donors (Lipinski definition) is 1. The lowest BCUT2D eigenvalue weighted by Gasteiger charge is -2.07. The van der Waals surface area contributed by atoms with Crippen molar-refractivity contribution in [1.82, 2.24) is 25.1 Å². The van der Waals surface area contributed by atoms with Gasteiger partial charge in [-0.05, 0) is 42.7 Å². The number of nitrogens with zero attached hydrogens (tertiary/aromatic N) is 4. The van der Waals surface area contributed by atoms with Crippen LogP contribution in [0, 0.1) is 13.8 Å². The van der Waals surface area contributed by atoms with Crippen LogP contribution in [0.5, 0.6) is 0 Å². The van der Waals surface area contributed by atoms with Crippen LogP contribution in [0.1, 0.15) is 16.7 Å². The lowest BCUT2D eigenvalue weighted by molar-refractivity contribution is -0.118. The number of carbonyl (C=O) groups excluding carboxylic acids is 1. The number of amides is 1. The minimum atomic E-state index is -0.0350. The molecule has 2 aromatic heterocycles. The Balaban J connectivity index is 1.48. The molecule has 0 saturated carbocycles. The number of aromatic nitrogens is 4. The highest BCUT2D eigenvalue weighted by atomic mass is 32.2. The maximum Gasteiger partial charge on any atom is 0.230 e. The molecule has 29 heavy (non-hydrogen) atoms. The second-order valence-electron chi connectivity index (χ2n) is 6.79. The number of fused-ring (bicyclic) bond motifs is 1. The fraction of sp³-hybridized carbons (Fsp3) is 0.182. The van der Waals surface area contributed by atoms with Crippen molar-refractivity contribution in [2.24, 2.45) is 0 Å². The van der Waals surface area contributed by atoms with E-state index in [9.17, 15) is 4.79 Å². The summed E-state index contributed by atoms with van der Waals surface area (Å²) < 4.78 is 1.81. The van der Waals surface area contributed by atoms with Gasteiger partial charge in [0.2, 0.25) is 5.91 Å². The fourth-order valence-electron chi connectivity index (χ4n) is 2.97. The zero-order valence-corrected chi connectivity index (χ0v) is 17.1. The monoisotopic (exact) mass is 403 g/mol. The maximum atomic E-state index is 12.2. The van der Waals surface area contributed by atoms with Gasteiger partial charge in [-0.15, -0.1) is 0 Å². The van der Waals surface area contributed by atoms with E-state index in [0.29, 0.717) is 6.54 Å². The summed E-state index contributed by atoms with van der Waals surface area (Å²) in [7, 11) is 0. The van der Waals surface area contributed by atoms with Crippen molar-refractivity contribution in [1.29, 1.82) is 0 Å². The molecule has 4 rings (SSSR count). The van der Waals surface area contributed by atoms with Crippen LogP contribution in [0.15, 0.2) is 66.1 Å². The Hall–Kier alpha value is -3.19. The van der Waals surface area contributed by atoms with Crippen LogP contribution in [-0.4, -0.2) is 31.4 Å². The van der Waals surface area contributed by atoms with Gasteiger partial charge < -0.3 is 5.32 Å². The van der Waals surface area contributed by atoms with Crippen LogP contribution < -0.4 is 5.32 Å². The Bertz CT molecular complexity index is 1160. The van der Waals surface area contributed by atoms with E-state index in [2.05, 4.69) is 46.4 Å². The highest BCUT2D eigenvalue weighted by molar-refractivity contribution is 8.00. The van der Waals surface area contributed by atoms with E-state index in [0.717, 1.165) is 27.3 Å². The Morgan fingerprint density at radius 2 is 1.90 bits per heavy atom. The molecule has 0 bridgehead atoms. The predicted octanol–water partition coefficient (Wildman–Crippen LogP) is 3.84. The van der Waals surface area contributed by atoms with Crippen LogP contribution in [0.3, 0.4) is 0 Å². The molecule has 2 heterocycles. The molecule has 6 nitrogen and oxygen atoms in total. The molecule has 0 aliphatic heterocycles. The van der Waals surface area contributed by atoms with Gasteiger partial charge in [-0.1, -0.05) is 48.2 Å². The van der Waals surface area contributed by atoms with Gasteiger partial charge in [0, 0.05) is 6.54 Å². The van der Waals surface area contributed by atoms with Crippen molar-refractivity contribution in [3.63, 3.8) is 0 Å². The summed E-state index contributed by atoms with van der Waals surface area (Å²) in [6, 6.07) is 16.0. The highest BCUT2D eigenvalue weighted by Gasteiger charge is 2.13. The van der Waals surface area contributed by atoms with Crippen LogP contribution in [0.25, 0.3) is 16.7 Å². The van der Waals surface area contributed by atoms with E-state index in [1.807, 2.05) is 41.1 Å². The number of nitrogens with one attached hydrogen (secondary N) is 1. The lowest BCUT2D eigenvalue weighted by Crippen LogP contribution is -2.24. The fourth-order valence-corrected chi connectivity index (χ4v) is 3.76. The molecule has 0 saturated heterocycles. The highest BCUT2D eigenvalue weighted by Crippen LogP contribution is 2.26. The smallest absolute Gasteiger partial charge is 0.230 e. The summed E-state index contributed by atoms with van der Waals surface area (Å²) in [5, 5.41) is 9.03. The second kappa shape index (κ2) is 8.45. The number of benzene rings is 2. The summed E-state index contributed by atoms with van der Waals surface area (Å²) in [6.45, 7) is 4.68. The van der Waals surface area contributed by atoms with Crippen molar-refractivity contribution < 1.29 is 4.79 Å². The van der Waals surface area contributed by atoms with E-state index >= 15 is 0 Å². The van der Waals surface area contributed by atoms with Gasteiger partial charge in [0.05, 0.1) is 23.0 Å². The molecule has 7 heteroatoms. The summed E-state index contributed by atoms with van der Waals surface area (Å²) in [5.74, 6) is 0.250. The molecule has 1 amide bonds. The topological polar surface area (TPSA) is 72.7 Å². The van der Waals surface area contributed by atoms with Gasteiger partial charge in [0.25, 0.3) is 0 Å². The molecule has 0 aliphatic carbocycles. The normalized spacial score (nSPS) is 11.0. The molecule has 0 radical (unpaired) electrons. The molecule has 0 unspecified atom stereocenters. The zero-order chi connectivity index (χ0) is 20.2. The summed E-state index contributed by atoms with van der Waals surface area (Å²) in [5.41, 5.74) is 5.20. The Morgan fingerprint density at radius 1 is 1.07 bits per heavy atom. The summed E-state index contributed by atoms with van der Waals surface area (Å²) in [4.78, 5) is 21.0. The standard InChI is InChI=1S/C22H21N5OS/c1-15-8-9-18(10-16(15)2)27-21-19(12-26-27)22(25-14-24-21)29-13-20(28)23-11-17-6-4-3-5-7-17/h3-10,12,14H,11,13H2,1-2H3,(H,23,28). The van der Waals surface area contributed by atoms with E-state index in [1.165, 1.54) is 29.2 Å². The summed E-state index contributed by atoms with van der Waals surface area (Å²) in [6.07, 6.45) is 3.28. The number of carbonyl (C=O) groups is 1. The van der Waals surface area contributed by atoms with Crippen LogP contribution in [0.4, 0.5) is 0 Å². The SMILES string of the molecule is Cc1ccc(-n2ncc3c(SCC(=O)NCc4ccccc4)ncnc32)cc1C. The molecular weight excluding hydrogens is 382 g/mol. The minimum Gasteiger partial charge on any atom is -0.351 e. The van der Waals surface area contributed by atoms with Gasteiger partial charge in [0.15, 0.2) is 5.65 Å². The molecule has 0 spiro atoms. The minimum absolute atomic E-state index is 0.0350. The van der Waals surface area contributed by atoms with E-state index in [4.69, 9.17) is 0 Å². The van der Waals surface area contributed by atoms with Crippen LogP contribution in [0.2, 0.25) is 0 Å². The van der Waals surface area contributed by atoms with Crippen LogP contribution >= 0.6 is 11.8 Å². The Labute approximate surface area is 173 Å². The average Bonchev–Trinajstić information content (AvgIpc) is 3.18. The van der Waals surface area contributed by atoms with Gasteiger partial charge in [0.1, 0.15) is 11.4 Å². The first-order chi connectivity index (χ1) is 14.1. The van der Waals surface area contributed by atoms with Crippen LogP contribution in [-0.2, 0) is 11.3 Å². The molecule has 0 atom stereocenters. The Kier molecular flexibility index (Phi) is 5.57. The zero-order valence-electron chi connectivity index (χ0n) is 16.3. The average molecular weight is 404 g/mol. The largest absolute Gasteiger partial charge is 0.351 e. The molecule has 146 valence electrons. The molecule has 4 aromatic rings. The summed E-state index contributed by atoms with van der Waals surface area (Å²) >= 11 is 1.39. The van der Waals surface area contributed by atoms with Gasteiger partial charge in [-0.2, -0.15) is 5.10 Å². The van der Waals surface area contributed by atoms with Crippen molar-refractivity contribution >= 4 is 28.7 Å². The predicted molar refractivity (Wildman–Crippen MR) is 115 cm³/mol. The van der Waals surface area contributed by atoms with E-state index in [1.54, 1.807) is 6.20 Å². The van der Waals surface area contributed by atoms with Crippen molar-refractivity contribution in [3.8, 4) is 5.69 Å². The number of thioether (sulfide) groups is 1. The first-order valence-corrected chi connectivity index (χ1v) is 10.3. The first-order valence-electron chi connectivity index (χ1n) is 9.31. The Morgan fingerprint density at radius 3 is 2.69 bits per heavy atom. The molecular formula is C22H21N5OS. The van der Waals surface area contributed by atoms with E-state index < -0.39 is 0 Å². The van der Waals surface area contributed by atoms with Gasteiger partial charge in [-0.25, -0.2) is 14.6 Å². The number of aryl methyl sites for hydroxylation is 2. The van der Waals surface area contributed by atoms with Crippen molar-refractivity contribution in [3.05, 3.63) is 77.7 Å². The maximum absolute atomic E-state index is 12.2. The van der Waals surface area contributed by atoms with Crippen molar-refractivity contribution in [2.75, 3.05) is 5.75 Å². The molecule has 0 aliphatic rings. The quantitative estimate of drug-likeness (QED) is 0.391. The molecule has 1 N–H and O–H groups in total. The number of rotatable bonds is 6. The third-order valence-electron chi connectivity index (χ3n) is 4.74. The van der Waals surface area contributed by atoms with Gasteiger partial charge >= 0.3 is 0 Å². The third-order valence-corrected chi connectivity index (χ3v) is 5.74. The molecule has 2 aromatic carbocycles. The third kappa shape index (κ3) is 4.30. The second-order valence-corrected chi connectivity index (χ2v) is 7.76.